The Morgan fingerprint density at radius 1 is 0.968 bits per heavy atom. The Bertz CT molecular complexity index is 988. The lowest BCUT2D eigenvalue weighted by atomic mass is 10.3. The van der Waals surface area contributed by atoms with Crippen LogP contribution in [0.1, 0.15) is 13.8 Å². The summed E-state index contributed by atoms with van der Waals surface area (Å²) in [4.78, 5) is 14.7. The zero-order chi connectivity index (χ0) is 22.3. The monoisotopic (exact) mass is 447 g/mol. The highest BCUT2D eigenvalue weighted by Gasteiger charge is 2.28. The highest BCUT2D eigenvalue weighted by atomic mass is 32.2. The molecule has 1 heterocycles. The maximum atomic E-state index is 13.0. The number of anilines is 1. The molecule has 9 heteroatoms. The number of hydrogen-bond donors (Lipinski definition) is 1. The van der Waals surface area contributed by atoms with Crippen molar-refractivity contribution in [3.8, 4) is 11.5 Å². The fourth-order valence-electron chi connectivity index (χ4n) is 3.35. The number of likely N-dealkylation sites (N-methyl/N-ethyl adjacent to an activating group) is 1. The molecule has 1 amide bonds. The molecule has 1 fully saturated rings. The first-order valence-corrected chi connectivity index (χ1v) is 11.8. The zero-order valence-corrected chi connectivity index (χ0v) is 18.7. The van der Waals surface area contributed by atoms with Crippen molar-refractivity contribution < 1.29 is 22.7 Å². The standard InChI is InChI=1S/C22H29N3O5S/c1-3-24-12-14-25(15-13-24)31(27,28)19-9-7-8-18(16-19)23-22(26)17-30-21-11-6-5-10-20(21)29-4-2/h5-11,16H,3-4,12-15,17H2,1-2H3,(H,23,26). The minimum atomic E-state index is -3.61. The number of para-hydroxylation sites is 2. The molecule has 1 N–H and O–H groups in total. The van der Waals surface area contributed by atoms with Gasteiger partial charge in [0.25, 0.3) is 5.91 Å². The van der Waals surface area contributed by atoms with E-state index in [2.05, 4.69) is 17.1 Å². The van der Waals surface area contributed by atoms with Gasteiger partial charge >= 0.3 is 0 Å². The number of nitrogens with zero attached hydrogens (tertiary/aromatic N) is 2. The Labute approximate surface area is 183 Å². The molecule has 0 atom stereocenters. The Balaban J connectivity index is 1.62. The summed E-state index contributed by atoms with van der Waals surface area (Å²) in [6.07, 6.45) is 0. The van der Waals surface area contributed by atoms with E-state index in [-0.39, 0.29) is 11.5 Å². The van der Waals surface area contributed by atoms with Crippen molar-refractivity contribution in [2.45, 2.75) is 18.7 Å². The summed E-state index contributed by atoms with van der Waals surface area (Å²) >= 11 is 0. The van der Waals surface area contributed by atoms with Crippen LogP contribution in [0.2, 0.25) is 0 Å². The van der Waals surface area contributed by atoms with Crippen LogP contribution in [-0.4, -0.2) is 69.5 Å². The number of sulfonamides is 1. The van der Waals surface area contributed by atoms with Crippen molar-refractivity contribution in [1.29, 1.82) is 0 Å². The van der Waals surface area contributed by atoms with Crippen LogP contribution in [0.5, 0.6) is 11.5 Å². The molecule has 0 saturated carbocycles. The molecule has 3 rings (SSSR count). The van der Waals surface area contributed by atoms with E-state index in [1.54, 1.807) is 36.4 Å². The van der Waals surface area contributed by atoms with Gasteiger partial charge < -0.3 is 19.7 Å². The van der Waals surface area contributed by atoms with E-state index in [4.69, 9.17) is 9.47 Å². The molecular formula is C22H29N3O5S. The first-order chi connectivity index (χ1) is 14.9. The summed E-state index contributed by atoms with van der Waals surface area (Å²) in [5.74, 6) is 0.647. The number of carbonyl (C=O) groups is 1. The molecule has 0 aliphatic carbocycles. The van der Waals surface area contributed by atoms with Crippen molar-refractivity contribution in [1.82, 2.24) is 9.21 Å². The number of amides is 1. The molecule has 31 heavy (non-hydrogen) atoms. The fourth-order valence-corrected chi connectivity index (χ4v) is 4.82. The Morgan fingerprint density at radius 2 is 1.65 bits per heavy atom. The maximum Gasteiger partial charge on any atom is 0.262 e. The van der Waals surface area contributed by atoms with E-state index < -0.39 is 15.9 Å². The predicted molar refractivity (Wildman–Crippen MR) is 119 cm³/mol. The largest absolute Gasteiger partial charge is 0.490 e. The van der Waals surface area contributed by atoms with Gasteiger partial charge in [0.15, 0.2) is 18.1 Å². The van der Waals surface area contributed by atoms with Crippen LogP contribution in [0, 0.1) is 0 Å². The molecule has 0 unspecified atom stereocenters. The third-order valence-corrected chi connectivity index (χ3v) is 6.94. The van der Waals surface area contributed by atoms with Gasteiger partial charge in [0.05, 0.1) is 11.5 Å². The predicted octanol–water partition coefficient (Wildman–Crippen LogP) is 2.43. The van der Waals surface area contributed by atoms with Crippen molar-refractivity contribution >= 4 is 21.6 Å². The number of ether oxygens (including phenoxy) is 2. The summed E-state index contributed by atoms with van der Waals surface area (Å²) in [7, 11) is -3.61. The van der Waals surface area contributed by atoms with Crippen molar-refractivity contribution in [3.63, 3.8) is 0 Å². The van der Waals surface area contributed by atoms with Crippen LogP contribution < -0.4 is 14.8 Å². The number of benzene rings is 2. The second kappa shape index (κ2) is 10.6. The highest BCUT2D eigenvalue weighted by Crippen LogP contribution is 2.26. The summed E-state index contributed by atoms with van der Waals surface area (Å²) < 4.78 is 38.5. The van der Waals surface area contributed by atoms with E-state index in [9.17, 15) is 13.2 Å². The first-order valence-electron chi connectivity index (χ1n) is 10.4. The van der Waals surface area contributed by atoms with Crippen molar-refractivity contribution in [3.05, 3.63) is 48.5 Å². The minimum absolute atomic E-state index is 0.165. The number of piperazine rings is 1. The van der Waals surface area contributed by atoms with Gasteiger partial charge in [-0.2, -0.15) is 4.31 Å². The summed E-state index contributed by atoms with van der Waals surface area (Å²) in [6.45, 7) is 7.46. The first kappa shape index (κ1) is 23.1. The van der Waals surface area contributed by atoms with Crippen LogP contribution in [0.3, 0.4) is 0 Å². The van der Waals surface area contributed by atoms with E-state index in [0.717, 1.165) is 6.54 Å². The van der Waals surface area contributed by atoms with Gasteiger partial charge in [0.1, 0.15) is 0 Å². The molecule has 1 saturated heterocycles. The topological polar surface area (TPSA) is 88.2 Å². The van der Waals surface area contributed by atoms with Crippen LogP contribution in [0.15, 0.2) is 53.4 Å². The van der Waals surface area contributed by atoms with Gasteiger partial charge in [0.2, 0.25) is 10.0 Å². The Kier molecular flexibility index (Phi) is 7.89. The third kappa shape index (κ3) is 5.96. The molecule has 1 aliphatic rings. The molecule has 0 spiro atoms. The van der Waals surface area contributed by atoms with Gasteiger partial charge in [-0.1, -0.05) is 25.1 Å². The Hall–Kier alpha value is -2.62. The van der Waals surface area contributed by atoms with Gasteiger partial charge in [-0.05, 0) is 43.8 Å². The molecule has 2 aromatic rings. The SMILES string of the molecule is CCOc1ccccc1OCC(=O)Nc1cccc(S(=O)(=O)N2CCN(CC)CC2)c1. The van der Waals surface area contributed by atoms with E-state index in [1.807, 2.05) is 13.0 Å². The molecule has 2 aromatic carbocycles. The summed E-state index contributed by atoms with van der Waals surface area (Å²) in [5.41, 5.74) is 0.403. The summed E-state index contributed by atoms with van der Waals surface area (Å²) in [5, 5.41) is 2.70. The lowest BCUT2D eigenvalue weighted by Crippen LogP contribution is -2.48. The third-order valence-electron chi connectivity index (χ3n) is 5.04. The second-order valence-electron chi connectivity index (χ2n) is 7.08. The lowest BCUT2D eigenvalue weighted by Gasteiger charge is -2.33. The van der Waals surface area contributed by atoms with Crippen molar-refractivity contribution in [2.75, 3.05) is 51.3 Å². The molecule has 1 aliphatic heterocycles. The minimum Gasteiger partial charge on any atom is -0.490 e. The van der Waals surface area contributed by atoms with E-state index in [1.165, 1.54) is 10.4 Å². The smallest absolute Gasteiger partial charge is 0.262 e. The normalized spacial score (nSPS) is 15.4. The average molecular weight is 448 g/mol. The van der Waals surface area contributed by atoms with Crippen LogP contribution in [0.25, 0.3) is 0 Å². The fraction of sp³-hybridized carbons (Fsp3) is 0.409. The van der Waals surface area contributed by atoms with E-state index >= 15 is 0 Å². The van der Waals surface area contributed by atoms with Crippen LogP contribution >= 0.6 is 0 Å². The number of nitrogens with one attached hydrogen (secondary N) is 1. The molecular weight excluding hydrogens is 418 g/mol. The molecule has 0 aromatic heterocycles. The average Bonchev–Trinajstić information content (AvgIpc) is 2.79. The second-order valence-corrected chi connectivity index (χ2v) is 9.02. The highest BCUT2D eigenvalue weighted by molar-refractivity contribution is 7.89. The zero-order valence-electron chi connectivity index (χ0n) is 17.9. The van der Waals surface area contributed by atoms with Gasteiger partial charge in [-0.25, -0.2) is 8.42 Å². The summed E-state index contributed by atoms with van der Waals surface area (Å²) in [6, 6.07) is 13.4. The molecule has 0 bridgehead atoms. The van der Waals surface area contributed by atoms with E-state index in [0.29, 0.717) is 50.0 Å². The quantitative estimate of drug-likeness (QED) is 0.635. The maximum absolute atomic E-state index is 13.0. The van der Waals surface area contributed by atoms with Crippen molar-refractivity contribution in [2.24, 2.45) is 0 Å². The number of hydrogen-bond acceptors (Lipinski definition) is 6. The van der Waals surface area contributed by atoms with Crippen LogP contribution in [0.4, 0.5) is 5.69 Å². The van der Waals surface area contributed by atoms with Gasteiger partial charge in [-0.15, -0.1) is 0 Å². The molecule has 8 nitrogen and oxygen atoms in total. The molecule has 168 valence electrons. The Morgan fingerprint density at radius 3 is 2.29 bits per heavy atom. The lowest BCUT2D eigenvalue weighted by molar-refractivity contribution is -0.118. The van der Waals surface area contributed by atoms with Crippen LogP contribution in [-0.2, 0) is 14.8 Å². The number of carbonyl (C=O) groups excluding carboxylic acids is 1. The van der Waals surface area contributed by atoms with Gasteiger partial charge in [-0.3, -0.25) is 4.79 Å². The van der Waals surface area contributed by atoms with Gasteiger partial charge in [0, 0.05) is 31.9 Å². The number of rotatable bonds is 9. The molecule has 0 radical (unpaired) electrons.